The minimum absolute atomic E-state index is 0.0871. The van der Waals surface area contributed by atoms with E-state index in [1.807, 2.05) is 30.3 Å². The molecule has 0 spiro atoms. The molecule has 2 atom stereocenters. The van der Waals surface area contributed by atoms with Crippen molar-refractivity contribution in [3.8, 4) is 0 Å². The van der Waals surface area contributed by atoms with E-state index in [0.717, 1.165) is 21.8 Å². The lowest BCUT2D eigenvalue weighted by Gasteiger charge is -2.19. The molecule has 3 aromatic rings. The number of hydrogen-bond donors (Lipinski definition) is 2. The van der Waals surface area contributed by atoms with Crippen molar-refractivity contribution in [2.24, 2.45) is 0 Å². The maximum absolute atomic E-state index is 12.3. The van der Waals surface area contributed by atoms with Gasteiger partial charge in [0.1, 0.15) is 6.04 Å². The molecule has 1 heterocycles. The lowest BCUT2D eigenvalue weighted by Crippen LogP contribution is -3.10. The number of rotatable bonds is 7. The molecule has 4 nitrogen and oxygen atoms in total. The number of benzene rings is 2. The summed E-state index contributed by atoms with van der Waals surface area (Å²) in [4.78, 5) is 18.2. The third-order valence-electron chi connectivity index (χ3n) is 4.84. The average molecular weight is 369 g/mol. The number of likely N-dealkylation sites (N-methyl/N-ethyl adjacent to an activating group) is 1. The first-order chi connectivity index (χ1) is 12.5. The van der Waals surface area contributed by atoms with Crippen molar-refractivity contribution < 1.29 is 9.69 Å². The molecule has 136 valence electrons. The number of carbonyl (C=O) groups is 1. The Morgan fingerprint density at radius 2 is 1.92 bits per heavy atom. The van der Waals surface area contributed by atoms with Gasteiger partial charge in [-0.05, 0) is 43.5 Å². The van der Waals surface area contributed by atoms with E-state index in [9.17, 15) is 4.79 Å². The Morgan fingerprint density at radius 1 is 1.19 bits per heavy atom. The maximum Gasteiger partial charge on any atom is 0.275 e. The summed E-state index contributed by atoms with van der Waals surface area (Å²) in [5.41, 5.74) is 3.60. The van der Waals surface area contributed by atoms with Crippen LogP contribution in [0.3, 0.4) is 0 Å². The Morgan fingerprint density at radius 3 is 2.69 bits per heavy atom. The molecule has 0 radical (unpaired) electrons. The van der Waals surface area contributed by atoms with Crippen molar-refractivity contribution in [1.29, 1.82) is 0 Å². The van der Waals surface area contributed by atoms with Crippen LogP contribution in [0.2, 0.25) is 0 Å². The van der Waals surface area contributed by atoms with Crippen LogP contribution in [0.4, 0.5) is 0 Å². The van der Waals surface area contributed by atoms with Gasteiger partial charge >= 0.3 is 0 Å². The van der Waals surface area contributed by atoms with E-state index in [-0.39, 0.29) is 11.9 Å². The fourth-order valence-electron chi connectivity index (χ4n) is 2.98. The van der Waals surface area contributed by atoms with E-state index < -0.39 is 0 Å². The summed E-state index contributed by atoms with van der Waals surface area (Å²) in [6, 6.07) is 16.7. The van der Waals surface area contributed by atoms with Gasteiger partial charge in [-0.15, -0.1) is 11.3 Å². The summed E-state index contributed by atoms with van der Waals surface area (Å²) in [5, 5.41) is 4.13. The van der Waals surface area contributed by atoms with Crippen LogP contribution >= 0.6 is 11.3 Å². The molecular formula is C21H26N3OS+. The second-order valence-electron chi connectivity index (χ2n) is 6.79. The number of aromatic nitrogens is 1. The highest BCUT2D eigenvalue weighted by atomic mass is 32.1. The van der Waals surface area contributed by atoms with Crippen LogP contribution < -0.4 is 10.2 Å². The van der Waals surface area contributed by atoms with Gasteiger partial charge in [-0.2, -0.15) is 0 Å². The monoisotopic (exact) mass is 368 g/mol. The quantitative estimate of drug-likeness (QED) is 0.673. The highest BCUT2D eigenvalue weighted by Crippen LogP contribution is 2.24. The number of carbonyl (C=O) groups excluding carboxylic acids is 1. The van der Waals surface area contributed by atoms with E-state index in [1.165, 1.54) is 15.8 Å². The largest absolute Gasteiger partial charge is 0.351 e. The van der Waals surface area contributed by atoms with Crippen LogP contribution in [-0.4, -0.2) is 31.0 Å². The van der Waals surface area contributed by atoms with Gasteiger partial charge in [0.05, 0.1) is 17.3 Å². The summed E-state index contributed by atoms with van der Waals surface area (Å²) in [6.45, 7) is 5.36. The van der Waals surface area contributed by atoms with Crippen LogP contribution in [0.15, 0.2) is 48.5 Å². The summed E-state index contributed by atoms with van der Waals surface area (Å²) < 4.78 is 1.20. The first-order valence-electron chi connectivity index (χ1n) is 9.03. The van der Waals surface area contributed by atoms with Gasteiger partial charge < -0.3 is 10.2 Å². The Labute approximate surface area is 158 Å². The van der Waals surface area contributed by atoms with Crippen molar-refractivity contribution in [1.82, 2.24) is 10.3 Å². The fourth-order valence-corrected chi connectivity index (χ4v) is 4.09. The van der Waals surface area contributed by atoms with Gasteiger partial charge in [0.25, 0.3) is 5.91 Å². The normalized spacial score (nSPS) is 13.5. The number of quaternary nitrogens is 1. The van der Waals surface area contributed by atoms with Crippen LogP contribution in [0.25, 0.3) is 10.2 Å². The molecule has 1 aromatic heterocycles. The Bertz CT molecular complexity index is 857. The molecule has 26 heavy (non-hydrogen) atoms. The van der Waals surface area contributed by atoms with Gasteiger partial charge in [0.2, 0.25) is 0 Å². The van der Waals surface area contributed by atoms with Gasteiger partial charge in [0.15, 0.2) is 11.6 Å². The SMILES string of the molecule is Cc1ccccc1CCNC(=O)C[NH+](C)[C@@H](C)c1nc2ccccc2s1. The summed E-state index contributed by atoms with van der Waals surface area (Å²) >= 11 is 1.71. The first-order valence-corrected chi connectivity index (χ1v) is 9.85. The molecule has 0 fully saturated rings. The van der Waals surface area contributed by atoms with Crippen molar-refractivity contribution in [2.45, 2.75) is 26.3 Å². The lowest BCUT2D eigenvalue weighted by molar-refractivity contribution is -0.902. The molecule has 0 aliphatic carbocycles. The van der Waals surface area contributed by atoms with Crippen molar-refractivity contribution >= 4 is 27.5 Å². The van der Waals surface area contributed by atoms with Gasteiger partial charge in [-0.1, -0.05) is 36.4 Å². The lowest BCUT2D eigenvalue weighted by atomic mass is 10.1. The Kier molecular flexibility index (Phi) is 6.01. The second-order valence-corrected chi connectivity index (χ2v) is 7.85. The van der Waals surface area contributed by atoms with E-state index >= 15 is 0 Å². The van der Waals surface area contributed by atoms with E-state index in [0.29, 0.717) is 13.1 Å². The maximum atomic E-state index is 12.3. The second kappa shape index (κ2) is 8.43. The summed E-state index contributed by atoms with van der Waals surface area (Å²) in [6.07, 6.45) is 0.866. The van der Waals surface area contributed by atoms with Crippen LogP contribution in [-0.2, 0) is 11.2 Å². The average Bonchev–Trinajstić information content (AvgIpc) is 3.06. The number of thiazole rings is 1. The zero-order chi connectivity index (χ0) is 18.5. The van der Waals surface area contributed by atoms with E-state index in [4.69, 9.17) is 4.98 Å². The fraction of sp³-hybridized carbons (Fsp3) is 0.333. The minimum atomic E-state index is 0.0871. The zero-order valence-corrected chi connectivity index (χ0v) is 16.4. The van der Waals surface area contributed by atoms with Crippen LogP contribution in [0.5, 0.6) is 0 Å². The van der Waals surface area contributed by atoms with E-state index in [2.05, 4.69) is 44.4 Å². The van der Waals surface area contributed by atoms with Crippen molar-refractivity contribution in [3.05, 3.63) is 64.7 Å². The topological polar surface area (TPSA) is 46.4 Å². The molecule has 1 unspecified atom stereocenters. The molecule has 0 aliphatic rings. The van der Waals surface area contributed by atoms with Crippen molar-refractivity contribution in [2.75, 3.05) is 20.1 Å². The Hall–Kier alpha value is -2.24. The standard InChI is InChI=1S/C21H25N3OS/c1-15-8-4-5-9-17(15)12-13-22-20(25)14-24(3)16(2)21-23-18-10-6-7-11-19(18)26-21/h4-11,16H,12-14H2,1-3H3,(H,22,25)/p+1/t16-/m0/s1. The Balaban J connectivity index is 1.51. The number of hydrogen-bond acceptors (Lipinski definition) is 3. The highest BCUT2D eigenvalue weighted by molar-refractivity contribution is 7.18. The van der Waals surface area contributed by atoms with Crippen LogP contribution in [0, 0.1) is 6.92 Å². The highest BCUT2D eigenvalue weighted by Gasteiger charge is 2.21. The number of para-hydroxylation sites is 1. The first kappa shape index (κ1) is 18.5. The summed E-state index contributed by atoms with van der Waals surface area (Å²) in [7, 11) is 2.05. The molecular weight excluding hydrogens is 342 g/mol. The van der Waals surface area contributed by atoms with Gasteiger partial charge in [0, 0.05) is 6.54 Å². The van der Waals surface area contributed by atoms with Gasteiger partial charge in [-0.25, -0.2) is 4.98 Å². The number of amides is 1. The number of fused-ring (bicyclic) bond motifs is 1. The smallest absolute Gasteiger partial charge is 0.275 e. The predicted octanol–water partition coefficient (Wildman–Crippen LogP) is 2.54. The van der Waals surface area contributed by atoms with E-state index in [1.54, 1.807) is 11.3 Å². The molecule has 1 amide bonds. The van der Waals surface area contributed by atoms with Gasteiger partial charge in [-0.3, -0.25) is 4.79 Å². The number of nitrogens with one attached hydrogen (secondary N) is 2. The summed E-state index contributed by atoms with van der Waals surface area (Å²) in [5.74, 6) is 0.0871. The third-order valence-corrected chi connectivity index (χ3v) is 6.06. The molecule has 0 aliphatic heterocycles. The molecule has 3 rings (SSSR count). The molecule has 2 N–H and O–H groups in total. The zero-order valence-electron chi connectivity index (χ0n) is 15.6. The molecule has 0 bridgehead atoms. The number of aryl methyl sites for hydroxylation is 1. The third kappa shape index (κ3) is 4.48. The molecule has 0 saturated heterocycles. The molecule has 2 aromatic carbocycles. The minimum Gasteiger partial charge on any atom is -0.351 e. The number of nitrogens with zero attached hydrogens (tertiary/aromatic N) is 1. The molecule has 0 saturated carbocycles. The van der Waals surface area contributed by atoms with Crippen molar-refractivity contribution in [3.63, 3.8) is 0 Å². The molecule has 5 heteroatoms. The predicted molar refractivity (Wildman–Crippen MR) is 108 cm³/mol. The van der Waals surface area contributed by atoms with Crippen LogP contribution in [0.1, 0.15) is 29.1 Å².